The second-order valence-corrected chi connectivity index (χ2v) is 4.22. The molecule has 2 unspecified atom stereocenters. The third-order valence-corrected chi connectivity index (χ3v) is 3.00. The minimum atomic E-state index is -1.13. The van der Waals surface area contributed by atoms with Crippen molar-refractivity contribution in [3.8, 4) is 0 Å². The van der Waals surface area contributed by atoms with Gasteiger partial charge in [0.2, 0.25) is 0 Å². The molecule has 1 aromatic rings. The Morgan fingerprint density at radius 2 is 2.35 bits per heavy atom. The van der Waals surface area contributed by atoms with Gasteiger partial charge >= 0.3 is 5.97 Å². The first-order valence-corrected chi connectivity index (χ1v) is 5.62. The molecule has 2 N–H and O–H groups in total. The quantitative estimate of drug-likeness (QED) is 0.823. The Labute approximate surface area is 98.9 Å². The standard InChI is InChI=1S/C12H14N2O3/c1-2-7-5-9(7)14-11(15)8-3-4-13-10(6-8)12(16)17/h3-4,6-7,9H,2,5H2,1H3,(H,14,15)(H,16,17). The Morgan fingerprint density at radius 3 is 2.94 bits per heavy atom. The molecule has 0 aromatic carbocycles. The van der Waals surface area contributed by atoms with Crippen molar-refractivity contribution in [2.75, 3.05) is 0 Å². The van der Waals surface area contributed by atoms with Crippen LogP contribution in [0.2, 0.25) is 0 Å². The summed E-state index contributed by atoms with van der Waals surface area (Å²) in [5.41, 5.74) is 0.236. The lowest BCUT2D eigenvalue weighted by atomic mass is 10.2. The fourth-order valence-electron chi connectivity index (χ4n) is 1.82. The van der Waals surface area contributed by atoms with E-state index in [0.717, 1.165) is 12.8 Å². The molecular weight excluding hydrogens is 220 g/mol. The van der Waals surface area contributed by atoms with Crippen molar-refractivity contribution in [3.05, 3.63) is 29.6 Å². The molecule has 1 heterocycles. The molecule has 0 bridgehead atoms. The van der Waals surface area contributed by atoms with Crippen LogP contribution in [0.15, 0.2) is 18.3 Å². The van der Waals surface area contributed by atoms with Crippen LogP contribution < -0.4 is 5.32 Å². The number of amides is 1. The number of nitrogens with zero attached hydrogens (tertiary/aromatic N) is 1. The average molecular weight is 234 g/mol. The van der Waals surface area contributed by atoms with Crippen LogP contribution in [0, 0.1) is 5.92 Å². The topological polar surface area (TPSA) is 79.3 Å². The van der Waals surface area contributed by atoms with Gasteiger partial charge < -0.3 is 10.4 Å². The van der Waals surface area contributed by atoms with Crippen LogP contribution in [-0.2, 0) is 0 Å². The van der Waals surface area contributed by atoms with E-state index in [1.165, 1.54) is 18.3 Å². The summed E-state index contributed by atoms with van der Waals surface area (Å²) in [6.07, 6.45) is 3.41. The molecule has 2 atom stereocenters. The molecule has 1 saturated carbocycles. The van der Waals surface area contributed by atoms with E-state index >= 15 is 0 Å². The van der Waals surface area contributed by atoms with Gasteiger partial charge in [0.15, 0.2) is 0 Å². The summed E-state index contributed by atoms with van der Waals surface area (Å²) in [7, 11) is 0. The summed E-state index contributed by atoms with van der Waals surface area (Å²) >= 11 is 0. The van der Waals surface area contributed by atoms with Crippen LogP contribution >= 0.6 is 0 Å². The zero-order valence-electron chi connectivity index (χ0n) is 9.51. The van der Waals surface area contributed by atoms with Gasteiger partial charge in [0.1, 0.15) is 5.69 Å². The van der Waals surface area contributed by atoms with Gasteiger partial charge in [-0.05, 0) is 24.5 Å². The Hall–Kier alpha value is -1.91. The third kappa shape index (κ3) is 2.61. The van der Waals surface area contributed by atoms with Crippen molar-refractivity contribution < 1.29 is 14.7 Å². The lowest BCUT2D eigenvalue weighted by molar-refractivity contribution is 0.0690. The Kier molecular flexibility index (Phi) is 3.08. The highest BCUT2D eigenvalue weighted by Gasteiger charge is 2.36. The first-order chi connectivity index (χ1) is 8.11. The molecule has 0 aliphatic heterocycles. The van der Waals surface area contributed by atoms with Crippen LogP contribution in [0.5, 0.6) is 0 Å². The number of aromatic carboxylic acids is 1. The maximum Gasteiger partial charge on any atom is 0.354 e. The Balaban J connectivity index is 2.04. The molecule has 17 heavy (non-hydrogen) atoms. The SMILES string of the molecule is CCC1CC1NC(=O)c1ccnc(C(=O)O)c1. The Bertz CT molecular complexity index is 459. The molecule has 1 aromatic heterocycles. The van der Waals surface area contributed by atoms with Gasteiger partial charge in [-0.25, -0.2) is 9.78 Å². The van der Waals surface area contributed by atoms with Crippen molar-refractivity contribution in [2.24, 2.45) is 5.92 Å². The molecule has 2 rings (SSSR count). The van der Waals surface area contributed by atoms with Gasteiger partial charge in [-0.3, -0.25) is 4.79 Å². The number of hydrogen-bond donors (Lipinski definition) is 2. The highest BCUT2D eigenvalue weighted by Crippen LogP contribution is 2.33. The maximum atomic E-state index is 11.8. The number of nitrogens with one attached hydrogen (secondary N) is 1. The third-order valence-electron chi connectivity index (χ3n) is 3.00. The summed E-state index contributed by atoms with van der Waals surface area (Å²) in [5, 5.41) is 11.6. The van der Waals surface area contributed by atoms with E-state index in [9.17, 15) is 9.59 Å². The first kappa shape index (κ1) is 11.6. The van der Waals surface area contributed by atoms with Crippen molar-refractivity contribution in [2.45, 2.75) is 25.8 Å². The second kappa shape index (κ2) is 4.53. The summed E-state index contributed by atoms with van der Waals surface area (Å²) in [6.45, 7) is 2.09. The number of rotatable bonds is 4. The van der Waals surface area contributed by atoms with Crippen LogP contribution in [-0.4, -0.2) is 28.0 Å². The zero-order chi connectivity index (χ0) is 12.4. The lowest BCUT2D eigenvalue weighted by Gasteiger charge is -2.04. The maximum absolute atomic E-state index is 11.8. The molecule has 0 radical (unpaired) electrons. The molecule has 0 saturated heterocycles. The number of hydrogen-bond acceptors (Lipinski definition) is 3. The number of carboxylic acids is 1. The molecule has 5 heteroatoms. The number of carboxylic acid groups (broad SMARTS) is 1. The summed E-state index contributed by atoms with van der Waals surface area (Å²) < 4.78 is 0. The molecule has 1 aliphatic rings. The predicted octanol–water partition coefficient (Wildman–Crippen LogP) is 1.31. The van der Waals surface area contributed by atoms with E-state index in [0.29, 0.717) is 11.5 Å². The monoisotopic (exact) mass is 234 g/mol. The predicted molar refractivity (Wildman–Crippen MR) is 60.8 cm³/mol. The van der Waals surface area contributed by atoms with Crippen LogP contribution in [0.3, 0.4) is 0 Å². The minimum Gasteiger partial charge on any atom is -0.477 e. The summed E-state index contributed by atoms with van der Waals surface area (Å²) in [6, 6.07) is 3.06. The zero-order valence-corrected chi connectivity index (χ0v) is 9.51. The van der Waals surface area contributed by atoms with Crippen LogP contribution in [0.4, 0.5) is 0 Å². The summed E-state index contributed by atoms with van der Waals surface area (Å²) in [5.74, 6) is -0.784. The molecule has 5 nitrogen and oxygen atoms in total. The fraction of sp³-hybridized carbons (Fsp3) is 0.417. The first-order valence-electron chi connectivity index (χ1n) is 5.62. The molecule has 1 amide bonds. The molecule has 90 valence electrons. The molecule has 1 aliphatic carbocycles. The lowest BCUT2D eigenvalue weighted by Crippen LogP contribution is -2.27. The van der Waals surface area contributed by atoms with Crippen LogP contribution in [0.1, 0.15) is 40.6 Å². The van der Waals surface area contributed by atoms with E-state index in [2.05, 4.69) is 17.2 Å². The van der Waals surface area contributed by atoms with Gasteiger partial charge in [-0.1, -0.05) is 13.3 Å². The van der Waals surface area contributed by atoms with Gasteiger partial charge in [0, 0.05) is 17.8 Å². The largest absolute Gasteiger partial charge is 0.477 e. The molecule has 1 fully saturated rings. The van der Waals surface area contributed by atoms with Crippen molar-refractivity contribution >= 4 is 11.9 Å². The second-order valence-electron chi connectivity index (χ2n) is 4.22. The van der Waals surface area contributed by atoms with Crippen molar-refractivity contribution in [3.63, 3.8) is 0 Å². The molecule has 0 spiro atoms. The number of carbonyl (C=O) groups excluding carboxylic acids is 1. The number of aromatic nitrogens is 1. The van der Waals surface area contributed by atoms with E-state index in [1.54, 1.807) is 0 Å². The Morgan fingerprint density at radius 1 is 1.59 bits per heavy atom. The smallest absolute Gasteiger partial charge is 0.354 e. The van der Waals surface area contributed by atoms with Crippen molar-refractivity contribution in [1.82, 2.24) is 10.3 Å². The minimum absolute atomic E-state index is 0.111. The fourth-order valence-corrected chi connectivity index (χ4v) is 1.82. The van der Waals surface area contributed by atoms with E-state index in [-0.39, 0.29) is 17.6 Å². The highest BCUT2D eigenvalue weighted by molar-refractivity contribution is 5.96. The number of carbonyl (C=O) groups is 2. The normalized spacial score (nSPS) is 21.9. The van der Waals surface area contributed by atoms with Gasteiger partial charge in [0.05, 0.1) is 0 Å². The van der Waals surface area contributed by atoms with Gasteiger partial charge in [0.25, 0.3) is 5.91 Å². The van der Waals surface area contributed by atoms with Gasteiger partial charge in [-0.2, -0.15) is 0 Å². The van der Waals surface area contributed by atoms with Crippen molar-refractivity contribution in [1.29, 1.82) is 0 Å². The highest BCUT2D eigenvalue weighted by atomic mass is 16.4. The average Bonchev–Trinajstić information content (AvgIpc) is 3.07. The van der Waals surface area contributed by atoms with E-state index in [4.69, 9.17) is 5.11 Å². The molecular formula is C12H14N2O3. The van der Waals surface area contributed by atoms with Crippen LogP contribution in [0.25, 0.3) is 0 Å². The summed E-state index contributed by atoms with van der Waals surface area (Å²) in [4.78, 5) is 26.2. The van der Waals surface area contributed by atoms with Gasteiger partial charge in [-0.15, -0.1) is 0 Å². The van der Waals surface area contributed by atoms with E-state index < -0.39 is 5.97 Å². The van der Waals surface area contributed by atoms with E-state index in [1.807, 2.05) is 0 Å². The number of pyridine rings is 1.